The standard InChI is InChI=1S/C19H31N3O8S/c1-4-12(16(26)27)15(25)18(5-2)13(23)7-6-9-22(11-14(20)24)30-17(28)19(18,21-29)8-10-31-3/h12,21,29H,4-11H2,1-3H3,(H2,20,24)(H,26,27). The van der Waals surface area contributed by atoms with E-state index in [1.54, 1.807) is 6.26 Å². The number of nitrogens with zero attached hydrogens (tertiary/aromatic N) is 1. The zero-order valence-electron chi connectivity index (χ0n) is 18.0. The molecule has 176 valence electrons. The van der Waals surface area contributed by atoms with Crippen LogP contribution in [0, 0.1) is 11.3 Å². The summed E-state index contributed by atoms with van der Waals surface area (Å²) in [5.41, 5.74) is 2.64. The fourth-order valence-electron chi connectivity index (χ4n) is 4.13. The van der Waals surface area contributed by atoms with E-state index in [1.165, 1.54) is 25.6 Å². The Labute approximate surface area is 184 Å². The van der Waals surface area contributed by atoms with Crippen molar-refractivity contribution in [2.45, 2.75) is 51.5 Å². The van der Waals surface area contributed by atoms with E-state index in [0.29, 0.717) is 0 Å². The van der Waals surface area contributed by atoms with Crippen molar-refractivity contribution >= 4 is 41.2 Å². The third kappa shape index (κ3) is 5.25. The van der Waals surface area contributed by atoms with Crippen LogP contribution in [0.3, 0.4) is 0 Å². The SMILES string of the molecule is CCC(C(=O)O)C(=O)C1(CC)C(=O)CCCN(CC(N)=O)OC(=O)C1(CCSC)NO. The molecule has 11 nitrogen and oxygen atoms in total. The first-order chi connectivity index (χ1) is 14.6. The molecule has 12 heteroatoms. The molecule has 1 aliphatic heterocycles. The smallest absolute Gasteiger partial charge is 0.349 e. The van der Waals surface area contributed by atoms with Gasteiger partial charge in [0.2, 0.25) is 5.91 Å². The van der Waals surface area contributed by atoms with E-state index in [2.05, 4.69) is 0 Å². The molecule has 1 saturated heterocycles. The van der Waals surface area contributed by atoms with Crippen molar-refractivity contribution in [3.63, 3.8) is 0 Å². The molecular formula is C19H31N3O8S. The fourth-order valence-corrected chi connectivity index (χ4v) is 4.64. The number of thioether (sulfide) groups is 1. The van der Waals surface area contributed by atoms with Crippen molar-refractivity contribution < 1.29 is 39.1 Å². The number of nitrogens with two attached hydrogens (primary N) is 1. The summed E-state index contributed by atoms with van der Waals surface area (Å²) in [5, 5.41) is 20.8. The number of carboxylic acid groups (broad SMARTS) is 1. The molecule has 0 spiro atoms. The van der Waals surface area contributed by atoms with E-state index in [1.807, 2.05) is 5.48 Å². The molecular weight excluding hydrogens is 430 g/mol. The lowest BCUT2D eigenvalue weighted by molar-refractivity contribution is -0.211. The van der Waals surface area contributed by atoms with Crippen LogP contribution in [0.25, 0.3) is 0 Å². The number of aliphatic carboxylic acids is 1. The van der Waals surface area contributed by atoms with Crippen molar-refractivity contribution in [1.82, 2.24) is 10.5 Å². The predicted octanol–water partition coefficient (Wildman–Crippen LogP) is 0.142. The Hall–Kier alpha value is -2.02. The maximum Gasteiger partial charge on any atom is 0.349 e. The lowest BCUT2D eigenvalue weighted by Crippen LogP contribution is -2.70. The maximum absolute atomic E-state index is 13.6. The summed E-state index contributed by atoms with van der Waals surface area (Å²) in [6.07, 6.45) is 1.13. The third-order valence-electron chi connectivity index (χ3n) is 5.75. The molecule has 0 saturated carbocycles. The van der Waals surface area contributed by atoms with Gasteiger partial charge < -0.3 is 20.9 Å². The van der Waals surface area contributed by atoms with Crippen LogP contribution < -0.4 is 11.2 Å². The Morgan fingerprint density at radius 1 is 1.32 bits per heavy atom. The van der Waals surface area contributed by atoms with E-state index in [0.717, 1.165) is 5.06 Å². The van der Waals surface area contributed by atoms with Crippen LogP contribution in [0.1, 0.15) is 46.0 Å². The fraction of sp³-hybridized carbons (Fsp3) is 0.737. The van der Waals surface area contributed by atoms with E-state index in [-0.39, 0.29) is 44.4 Å². The van der Waals surface area contributed by atoms with Crippen molar-refractivity contribution in [3.05, 3.63) is 0 Å². The van der Waals surface area contributed by atoms with Crippen molar-refractivity contribution in [2.75, 3.05) is 25.1 Å². The van der Waals surface area contributed by atoms with Gasteiger partial charge in [0, 0.05) is 13.0 Å². The number of nitrogens with one attached hydrogen (secondary N) is 1. The molecule has 0 aromatic heterocycles. The van der Waals surface area contributed by atoms with Crippen LogP contribution in [-0.4, -0.2) is 75.4 Å². The van der Waals surface area contributed by atoms with Gasteiger partial charge in [-0.25, -0.2) is 4.79 Å². The van der Waals surface area contributed by atoms with Gasteiger partial charge in [0.05, 0.1) is 0 Å². The topological polar surface area (TPSA) is 176 Å². The van der Waals surface area contributed by atoms with E-state index < -0.39 is 52.8 Å². The third-order valence-corrected chi connectivity index (χ3v) is 6.37. The highest BCUT2D eigenvalue weighted by Gasteiger charge is 2.66. The van der Waals surface area contributed by atoms with Gasteiger partial charge in [-0.15, -0.1) is 5.06 Å². The van der Waals surface area contributed by atoms with Crippen LogP contribution in [0.2, 0.25) is 0 Å². The quantitative estimate of drug-likeness (QED) is 0.243. The van der Waals surface area contributed by atoms with Gasteiger partial charge in [-0.1, -0.05) is 13.8 Å². The number of primary amides is 1. The molecule has 31 heavy (non-hydrogen) atoms. The lowest BCUT2D eigenvalue weighted by Gasteiger charge is -2.46. The molecule has 0 aromatic rings. The van der Waals surface area contributed by atoms with E-state index in [4.69, 9.17) is 10.6 Å². The number of ketones is 2. The number of carboxylic acids is 1. The van der Waals surface area contributed by atoms with Crippen LogP contribution in [0.15, 0.2) is 0 Å². The number of carbonyl (C=O) groups excluding carboxylic acids is 4. The maximum atomic E-state index is 13.6. The van der Waals surface area contributed by atoms with Crippen molar-refractivity contribution in [3.8, 4) is 0 Å². The minimum atomic E-state index is -2.25. The molecule has 3 unspecified atom stereocenters. The first-order valence-electron chi connectivity index (χ1n) is 10.0. The summed E-state index contributed by atoms with van der Waals surface area (Å²) in [4.78, 5) is 68.9. The number of rotatable bonds is 11. The van der Waals surface area contributed by atoms with Gasteiger partial charge in [0.25, 0.3) is 0 Å². The lowest BCUT2D eigenvalue weighted by atomic mass is 9.58. The van der Waals surface area contributed by atoms with Crippen LogP contribution >= 0.6 is 11.8 Å². The summed E-state index contributed by atoms with van der Waals surface area (Å²) >= 11 is 1.30. The highest BCUT2D eigenvalue weighted by Crippen LogP contribution is 2.45. The average molecular weight is 462 g/mol. The van der Waals surface area contributed by atoms with Crippen LogP contribution in [0.5, 0.6) is 0 Å². The normalized spacial score (nSPS) is 26.3. The summed E-state index contributed by atoms with van der Waals surface area (Å²) in [7, 11) is 0. The van der Waals surface area contributed by atoms with Crippen molar-refractivity contribution in [2.24, 2.45) is 17.1 Å². The van der Waals surface area contributed by atoms with Gasteiger partial charge >= 0.3 is 11.9 Å². The first kappa shape index (κ1) is 27.0. The highest BCUT2D eigenvalue weighted by molar-refractivity contribution is 7.98. The Bertz CT molecular complexity index is 718. The molecule has 0 aliphatic carbocycles. The number of carbonyl (C=O) groups is 5. The Morgan fingerprint density at radius 2 is 1.97 bits per heavy atom. The number of hydrogen-bond donors (Lipinski definition) is 4. The van der Waals surface area contributed by atoms with Gasteiger partial charge in [0.15, 0.2) is 11.3 Å². The molecule has 0 radical (unpaired) electrons. The molecule has 3 atom stereocenters. The molecule has 0 bridgehead atoms. The molecule has 5 N–H and O–H groups in total. The number of hydrogen-bond acceptors (Lipinski definition) is 10. The highest BCUT2D eigenvalue weighted by atomic mass is 32.2. The molecule has 1 amide bonds. The second-order valence-corrected chi connectivity index (χ2v) is 8.40. The number of Topliss-reactive ketones (excluding diaryl/α,β-unsaturated/α-hetero) is 2. The van der Waals surface area contributed by atoms with E-state index >= 15 is 0 Å². The zero-order chi connectivity index (χ0) is 23.8. The molecule has 1 heterocycles. The van der Waals surface area contributed by atoms with Gasteiger partial charge in [-0.3, -0.25) is 19.2 Å². The summed E-state index contributed by atoms with van der Waals surface area (Å²) in [6, 6.07) is 0. The van der Waals surface area contributed by atoms with Crippen LogP contribution in [0.4, 0.5) is 0 Å². The summed E-state index contributed by atoms with van der Waals surface area (Å²) in [5.74, 6) is -6.30. The molecule has 0 aromatic carbocycles. The minimum absolute atomic E-state index is 0.00538. The zero-order valence-corrected chi connectivity index (χ0v) is 18.8. The Kier molecular flexibility index (Phi) is 10.1. The Morgan fingerprint density at radius 3 is 2.42 bits per heavy atom. The average Bonchev–Trinajstić information content (AvgIpc) is 2.73. The second-order valence-electron chi connectivity index (χ2n) is 7.42. The largest absolute Gasteiger partial charge is 0.481 e. The van der Waals surface area contributed by atoms with Gasteiger partial charge in [-0.05, 0) is 37.7 Å². The summed E-state index contributed by atoms with van der Waals surface area (Å²) < 4.78 is 0. The molecule has 1 fully saturated rings. The predicted molar refractivity (Wildman–Crippen MR) is 111 cm³/mol. The monoisotopic (exact) mass is 461 g/mol. The van der Waals surface area contributed by atoms with Gasteiger partial charge in [0.1, 0.15) is 23.7 Å². The first-order valence-corrected chi connectivity index (χ1v) is 11.4. The molecule has 1 rings (SSSR count). The summed E-state index contributed by atoms with van der Waals surface area (Å²) in [6.45, 7) is 2.53. The number of amides is 1. The Balaban J connectivity index is 3.78. The van der Waals surface area contributed by atoms with Crippen molar-refractivity contribution in [1.29, 1.82) is 0 Å². The minimum Gasteiger partial charge on any atom is -0.481 e. The number of hydroxylamine groups is 3. The molecule has 1 aliphatic rings. The second kappa shape index (κ2) is 11.6. The van der Waals surface area contributed by atoms with E-state index in [9.17, 15) is 34.3 Å². The van der Waals surface area contributed by atoms with Gasteiger partial charge in [-0.2, -0.15) is 17.2 Å². The van der Waals surface area contributed by atoms with Crippen LogP contribution in [-0.2, 0) is 28.8 Å².